The van der Waals surface area contributed by atoms with Gasteiger partial charge >= 0.3 is 25.9 Å². The molecule has 0 unspecified atom stereocenters. The largest absolute Gasteiger partial charge is 0.810 e. The summed E-state index contributed by atoms with van der Waals surface area (Å²) in [6.45, 7) is 12.3. The van der Waals surface area contributed by atoms with E-state index in [1.54, 1.807) is 0 Å². The topological polar surface area (TPSA) is 15.2 Å². The van der Waals surface area contributed by atoms with Gasteiger partial charge in [-0.3, -0.25) is 0 Å². The Morgan fingerprint density at radius 1 is 0.690 bits per heavy atom. The summed E-state index contributed by atoms with van der Waals surface area (Å²) in [5.41, 5.74) is 1.20. The summed E-state index contributed by atoms with van der Waals surface area (Å²) < 4.78 is 83.7. The van der Waals surface area contributed by atoms with Crippen molar-refractivity contribution in [2.45, 2.75) is 52.4 Å². The molecular weight excluding hydrogens is 401 g/mol. The highest BCUT2D eigenvalue weighted by molar-refractivity contribution is 6.50. The normalized spacial score (nSPS) is 13.0. The highest BCUT2D eigenvalue weighted by Crippen LogP contribution is 2.33. The van der Waals surface area contributed by atoms with E-state index in [2.05, 4.69) is 0 Å². The minimum atomic E-state index is -6.00. The molecule has 0 aliphatic carbocycles. The summed E-state index contributed by atoms with van der Waals surface area (Å²) in [4.78, 5) is 0. The van der Waals surface area contributed by atoms with Crippen molar-refractivity contribution in [2.75, 3.05) is 0 Å². The average molecular weight is 425 g/mol. The number of hydrogen-bond acceptors (Lipinski definition) is 0. The fourth-order valence-corrected chi connectivity index (χ4v) is 2.23. The molecule has 2 aromatic rings. The SMILES string of the molecule is CC(C)(C)c1cc(-c2cc[n+]([B-](F)(F)F)cc2)cc(C(C)(C)C)[o+]1.F[B-](F)(F)F. The number of hydrogen-bond donors (Lipinski definition) is 0. The summed E-state index contributed by atoms with van der Waals surface area (Å²) in [5, 5.41) is 0. The maximum absolute atomic E-state index is 12.8. The predicted octanol–water partition coefficient (Wildman–Crippen LogP) is 6.60. The van der Waals surface area contributed by atoms with Crippen LogP contribution >= 0.6 is 0 Å². The van der Waals surface area contributed by atoms with Crippen LogP contribution < -0.4 is 4.48 Å². The van der Waals surface area contributed by atoms with Crippen molar-refractivity contribution < 1.29 is 39.1 Å². The molecule has 0 aliphatic heterocycles. The molecule has 2 aromatic heterocycles. The summed E-state index contributed by atoms with van der Waals surface area (Å²) in [6.07, 6.45) is 2.12. The monoisotopic (exact) mass is 425 g/mol. The van der Waals surface area contributed by atoms with Crippen LogP contribution in [0.4, 0.5) is 30.2 Å². The van der Waals surface area contributed by atoms with Gasteiger partial charge < -0.3 is 34.7 Å². The van der Waals surface area contributed by atoms with Crippen LogP contribution in [0.25, 0.3) is 11.1 Å². The van der Waals surface area contributed by atoms with Gasteiger partial charge in [0.1, 0.15) is 12.4 Å². The van der Waals surface area contributed by atoms with Gasteiger partial charge in [-0.2, -0.15) is 0 Å². The van der Waals surface area contributed by atoms with Crippen molar-refractivity contribution in [3.8, 4) is 11.1 Å². The first kappa shape index (κ1) is 25.0. The Bertz CT molecular complexity index is 782. The molecule has 162 valence electrons. The number of halogens is 7. The Labute approximate surface area is 165 Å². The summed E-state index contributed by atoms with van der Waals surface area (Å²) in [5.74, 6) is 1.61. The van der Waals surface area contributed by atoms with Gasteiger partial charge in [-0.25, -0.2) is 4.42 Å². The molecule has 0 saturated heterocycles. The molecule has 0 saturated carbocycles. The van der Waals surface area contributed by atoms with E-state index in [9.17, 15) is 30.2 Å². The van der Waals surface area contributed by atoms with Crippen LogP contribution in [-0.2, 0) is 10.8 Å². The number of nitrogens with zero attached hydrogens (tertiary/aromatic N) is 1. The van der Waals surface area contributed by atoms with Crippen LogP contribution in [0.2, 0.25) is 0 Å². The fourth-order valence-electron chi connectivity index (χ4n) is 2.23. The van der Waals surface area contributed by atoms with Gasteiger partial charge in [0.05, 0.1) is 10.8 Å². The Balaban J connectivity index is 0.000000749. The first-order valence-corrected chi connectivity index (χ1v) is 8.86. The molecule has 0 N–H and O–H groups in total. The Kier molecular flexibility index (Phi) is 7.20. The molecule has 0 radical (unpaired) electrons. The number of aromatic nitrogens is 1. The predicted molar refractivity (Wildman–Crippen MR) is 101 cm³/mol. The van der Waals surface area contributed by atoms with Gasteiger partial charge in [0, 0.05) is 29.8 Å². The highest BCUT2D eigenvalue weighted by Gasteiger charge is 2.40. The Morgan fingerprint density at radius 3 is 1.31 bits per heavy atom. The van der Waals surface area contributed by atoms with E-state index in [-0.39, 0.29) is 10.8 Å². The van der Waals surface area contributed by atoms with E-state index in [0.717, 1.165) is 35.0 Å². The lowest BCUT2D eigenvalue weighted by molar-refractivity contribution is -0.575. The summed E-state index contributed by atoms with van der Waals surface area (Å²) in [6, 6.07) is 6.80. The third-order valence-corrected chi connectivity index (χ3v) is 3.80. The minimum absolute atomic E-state index is 0.195. The maximum atomic E-state index is 12.8. The zero-order valence-electron chi connectivity index (χ0n) is 17.1. The first-order chi connectivity index (χ1) is 12.8. The second-order valence-electron chi connectivity index (χ2n) is 8.64. The summed E-state index contributed by atoms with van der Waals surface area (Å²) in [7, 11) is -11.1. The molecule has 11 heteroatoms. The molecule has 0 aromatic carbocycles. The fraction of sp³-hybridized carbons (Fsp3) is 0.444. The van der Waals surface area contributed by atoms with Crippen LogP contribution in [0.5, 0.6) is 0 Å². The third-order valence-electron chi connectivity index (χ3n) is 3.80. The van der Waals surface area contributed by atoms with E-state index >= 15 is 0 Å². The lowest BCUT2D eigenvalue weighted by Crippen LogP contribution is -2.54. The second kappa shape index (κ2) is 8.36. The smallest absolute Gasteiger partial charge is 0.418 e. The molecule has 0 bridgehead atoms. The third kappa shape index (κ3) is 8.45. The van der Waals surface area contributed by atoms with Crippen molar-refractivity contribution in [3.63, 3.8) is 0 Å². The first-order valence-electron chi connectivity index (χ1n) is 8.86. The lowest BCUT2D eigenvalue weighted by Gasteiger charge is -2.15. The molecule has 0 fully saturated rings. The number of rotatable bonds is 2. The van der Waals surface area contributed by atoms with Gasteiger partial charge in [0.25, 0.3) is 0 Å². The van der Waals surface area contributed by atoms with Crippen molar-refractivity contribution in [1.82, 2.24) is 0 Å². The van der Waals surface area contributed by atoms with Gasteiger partial charge in [-0.05, 0) is 47.1 Å². The molecule has 2 rings (SSSR count). The second-order valence-corrected chi connectivity index (χ2v) is 8.64. The van der Waals surface area contributed by atoms with Crippen LogP contribution in [0.15, 0.2) is 41.1 Å². The van der Waals surface area contributed by atoms with Crippen LogP contribution in [0.1, 0.15) is 53.1 Å². The quantitative estimate of drug-likeness (QED) is 0.301. The van der Waals surface area contributed by atoms with Crippen LogP contribution in [0.3, 0.4) is 0 Å². The molecule has 29 heavy (non-hydrogen) atoms. The zero-order chi connectivity index (χ0) is 22.8. The molecule has 0 aliphatic rings. The van der Waals surface area contributed by atoms with Crippen molar-refractivity contribution >= 4 is 14.4 Å². The molecule has 0 atom stereocenters. The Hall–Kier alpha value is -2.06. The van der Waals surface area contributed by atoms with Crippen molar-refractivity contribution in [2.24, 2.45) is 0 Å². The van der Waals surface area contributed by atoms with E-state index in [4.69, 9.17) is 4.42 Å². The van der Waals surface area contributed by atoms with E-state index in [1.807, 2.05) is 53.7 Å². The lowest BCUT2D eigenvalue weighted by atomic mass is 9.87. The molecule has 2 nitrogen and oxygen atoms in total. The molecule has 0 amide bonds. The van der Waals surface area contributed by atoms with Gasteiger partial charge in [0.2, 0.25) is 0 Å². The zero-order valence-corrected chi connectivity index (χ0v) is 17.1. The average Bonchev–Trinajstić information content (AvgIpc) is 2.50. The van der Waals surface area contributed by atoms with Crippen molar-refractivity contribution in [1.29, 1.82) is 0 Å². The molecule has 0 spiro atoms. The number of pyridine rings is 1. The minimum Gasteiger partial charge on any atom is -0.418 e. The van der Waals surface area contributed by atoms with Gasteiger partial charge in [-0.1, -0.05) is 0 Å². The van der Waals surface area contributed by atoms with Crippen LogP contribution in [0, 0.1) is 0 Å². The van der Waals surface area contributed by atoms with Gasteiger partial charge in [-0.15, -0.1) is 0 Å². The van der Waals surface area contributed by atoms with E-state index in [1.165, 1.54) is 12.1 Å². The van der Waals surface area contributed by atoms with Crippen molar-refractivity contribution in [3.05, 3.63) is 48.2 Å². The van der Waals surface area contributed by atoms with Crippen LogP contribution in [-0.4, -0.2) is 14.4 Å². The van der Waals surface area contributed by atoms with E-state index in [0.29, 0.717) is 4.48 Å². The molecular formula is C18H24B2F7NO. The standard InChI is InChI=1S/C18H24BF3NO.BF4/c1-17(2,3)15-11-14(12-16(24-15)18(4,5)6)13-7-9-23(10-8-13)19(20,21)22;2-1(3,4)5/h7-12H,1-6H3;/q+1;-1. The van der Waals surface area contributed by atoms with E-state index < -0.39 is 14.4 Å². The highest BCUT2D eigenvalue weighted by atomic mass is 19.5. The van der Waals surface area contributed by atoms with Gasteiger partial charge in [0.15, 0.2) is 0 Å². The Morgan fingerprint density at radius 2 is 1.03 bits per heavy atom. The molecule has 2 heterocycles. The maximum Gasteiger partial charge on any atom is 0.810 e. The summed E-state index contributed by atoms with van der Waals surface area (Å²) >= 11 is 0.